The maximum absolute atomic E-state index is 13.1. The lowest BCUT2D eigenvalue weighted by molar-refractivity contribution is -0.116. The molecule has 1 saturated heterocycles. The minimum Gasteiger partial charge on any atom is -0.361 e. The van der Waals surface area contributed by atoms with Gasteiger partial charge in [-0.25, -0.2) is 13.1 Å². The van der Waals surface area contributed by atoms with Gasteiger partial charge in [0.15, 0.2) is 0 Å². The van der Waals surface area contributed by atoms with Crippen molar-refractivity contribution in [1.82, 2.24) is 14.6 Å². The van der Waals surface area contributed by atoms with Gasteiger partial charge in [-0.2, -0.15) is 0 Å². The van der Waals surface area contributed by atoms with Crippen molar-refractivity contribution >= 4 is 27.5 Å². The van der Waals surface area contributed by atoms with Gasteiger partial charge in [0.2, 0.25) is 15.9 Å². The number of nitrogens with zero attached hydrogens (tertiary/aromatic N) is 1. The van der Waals surface area contributed by atoms with E-state index in [-0.39, 0.29) is 35.2 Å². The highest BCUT2D eigenvalue weighted by Crippen LogP contribution is 2.26. The Balaban J connectivity index is 1.69. The lowest BCUT2D eigenvalue weighted by atomic mass is 10.1. The number of likely N-dealkylation sites (tertiary alicyclic amines) is 1. The normalized spacial score (nSPS) is 14.5. The maximum atomic E-state index is 13.1. The zero-order chi connectivity index (χ0) is 22.6. The Morgan fingerprint density at radius 2 is 1.71 bits per heavy atom. The van der Waals surface area contributed by atoms with Crippen molar-refractivity contribution in [2.75, 3.05) is 25.0 Å². The van der Waals surface area contributed by atoms with Crippen LogP contribution < -0.4 is 10.0 Å². The van der Waals surface area contributed by atoms with Crippen LogP contribution in [0, 0.1) is 20.8 Å². The molecule has 0 unspecified atom stereocenters. The molecule has 2 aromatic rings. The van der Waals surface area contributed by atoms with E-state index in [2.05, 4.69) is 15.0 Å². The van der Waals surface area contributed by atoms with Gasteiger partial charge in [-0.3, -0.25) is 9.59 Å². The van der Waals surface area contributed by atoms with Crippen molar-refractivity contribution in [3.05, 3.63) is 46.8 Å². The number of carbonyl (C=O) groups excluding carboxylic acids is 2. The molecule has 3 rings (SSSR count). The lowest BCUT2D eigenvalue weighted by Crippen LogP contribution is -2.37. The predicted molar refractivity (Wildman–Crippen MR) is 120 cm³/mol. The van der Waals surface area contributed by atoms with Crippen LogP contribution in [0.3, 0.4) is 0 Å². The summed E-state index contributed by atoms with van der Waals surface area (Å²) in [5, 5.41) is 2.78. The number of nitrogens with one attached hydrogen (secondary N) is 3. The molecule has 0 saturated carbocycles. The quantitative estimate of drug-likeness (QED) is 0.607. The fourth-order valence-corrected chi connectivity index (χ4v) is 5.38. The van der Waals surface area contributed by atoms with E-state index in [1.54, 1.807) is 24.8 Å². The average Bonchev–Trinajstić information content (AvgIpc) is 3.04. The summed E-state index contributed by atoms with van der Waals surface area (Å²) in [6.07, 6.45) is 2.90. The van der Waals surface area contributed by atoms with Crippen LogP contribution in [0.1, 0.15) is 53.0 Å². The largest absolute Gasteiger partial charge is 0.361 e. The van der Waals surface area contributed by atoms with Crippen LogP contribution in [-0.4, -0.2) is 49.8 Å². The number of H-pyrrole nitrogens is 1. The molecule has 9 heteroatoms. The van der Waals surface area contributed by atoms with Gasteiger partial charge in [-0.05, 0) is 51.7 Å². The summed E-state index contributed by atoms with van der Waals surface area (Å²) in [4.78, 5) is 30.0. The highest BCUT2D eigenvalue weighted by Gasteiger charge is 2.31. The summed E-state index contributed by atoms with van der Waals surface area (Å²) in [5.41, 5.74) is 2.76. The lowest BCUT2D eigenvalue weighted by Gasteiger charge is -2.27. The van der Waals surface area contributed by atoms with Crippen molar-refractivity contribution < 1.29 is 18.0 Å². The fraction of sp³-hybridized carbons (Fsp3) is 0.455. The average molecular weight is 447 g/mol. The summed E-state index contributed by atoms with van der Waals surface area (Å²) in [7, 11) is -3.97. The Hall–Kier alpha value is -2.65. The van der Waals surface area contributed by atoms with Crippen LogP contribution in [0.5, 0.6) is 0 Å². The first-order chi connectivity index (χ1) is 14.7. The number of rotatable bonds is 7. The Morgan fingerprint density at radius 3 is 2.39 bits per heavy atom. The molecule has 1 aliphatic heterocycles. The number of sulfonamides is 1. The molecule has 1 aromatic carbocycles. The Morgan fingerprint density at radius 1 is 1.03 bits per heavy atom. The molecule has 31 heavy (non-hydrogen) atoms. The van der Waals surface area contributed by atoms with Crippen LogP contribution in [0.15, 0.2) is 29.2 Å². The molecular formula is C22H30N4O4S. The molecule has 0 bridgehead atoms. The van der Waals surface area contributed by atoms with Gasteiger partial charge in [0.1, 0.15) is 4.90 Å². The summed E-state index contributed by atoms with van der Waals surface area (Å²) in [6, 6.07) is 7.38. The molecule has 0 aliphatic carbocycles. The number of amides is 2. The third kappa shape index (κ3) is 5.34. The first-order valence-corrected chi connectivity index (χ1v) is 12.0. The minimum absolute atomic E-state index is 0.0224. The van der Waals surface area contributed by atoms with E-state index >= 15 is 0 Å². The molecule has 0 atom stereocenters. The first-order valence-electron chi connectivity index (χ1n) is 10.5. The smallest absolute Gasteiger partial charge is 0.257 e. The molecule has 1 aliphatic rings. The van der Waals surface area contributed by atoms with E-state index in [0.29, 0.717) is 30.2 Å². The van der Waals surface area contributed by atoms with Gasteiger partial charge in [0.05, 0.1) is 5.56 Å². The summed E-state index contributed by atoms with van der Waals surface area (Å²) >= 11 is 0. The Kier molecular flexibility index (Phi) is 7.17. The van der Waals surface area contributed by atoms with E-state index in [4.69, 9.17) is 0 Å². The Labute approximate surface area is 183 Å². The van der Waals surface area contributed by atoms with Crippen molar-refractivity contribution in [2.24, 2.45) is 0 Å². The number of aromatic nitrogens is 1. The molecule has 1 aromatic heterocycles. The van der Waals surface area contributed by atoms with Crippen LogP contribution in [-0.2, 0) is 14.8 Å². The van der Waals surface area contributed by atoms with Crippen LogP contribution in [0.2, 0.25) is 0 Å². The third-order valence-corrected chi connectivity index (χ3v) is 7.14. The standard InChI is InChI=1S/C22H30N4O4S/c1-15-9-5-6-10-18(15)25-19(27)11-12-23-31(29,30)21-17(3)24-16(2)20(21)22(28)26-13-7-4-8-14-26/h5-6,9-10,23-24H,4,7-8,11-14H2,1-3H3,(H,25,27). The summed E-state index contributed by atoms with van der Waals surface area (Å²) in [6.45, 7) is 6.43. The summed E-state index contributed by atoms with van der Waals surface area (Å²) in [5.74, 6) is -0.553. The Bertz CT molecular complexity index is 1070. The monoisotopic (exact) mass is 446 g/mol. The second-order valence-electron chi connectivity index (χ2n) is 7.94. The van der Waals surface area contributed by atoms with Gasteiger partial charge in [-0.1, -0.05) is 18.2 Å². The maximum Gasteiger partial charge on any atom is 0.257 e. The van der Waals surface area contributed by atoms with Gasteiger partial charge >= 0.3 is 0 Å². The van der Waals surface area contributed by atoms with Gasteiger partial charge < -0.3 is 15.2 Å². The van der Waals surface area contributed by atoms with Crippen LogP contribution >= 0.6 is 0 Å². The zero-order valence-electron chi connectivity index (χ0n) is 18.2. The number of piperidine rings is 1. The van der Waals surface area contributed by atoms with E-state index in [1.165, 1.54) is 0 Å². The molecule has 0 spiro atoms. The number of benzene rings is 1. The van der Waals surface area contributed by atoms with E-state index in [0.717, 1.165) is 24.8 Å². The fourth-order valence-electron chi connectivity index (χ4n) is 3.90. The predicted octanol–water partition coefficient (Wildman–Crippen LogP) is 2.87. The number of hydrogen-bond donors (Lipinski definition) is 3. The molecular weight excluding hydrogens is 416 g/mol. The van der Waals surface area contributed by atoms with Crippen LogP contribution in [0.25, 0.3) is 0 Å². The molecule has 1 fully saturated rings. The van der Waals surface area contributed by atoms with E-state index in [1.807, 2.05) is 25.1 Å². The minimum atomic E-state index is -3.97. The van der Waals surface area contributed by atoms with Gasteiger partial charge in [0, 0.05) is 43.1 Å². The van der Waals surface area contributed by atoms with Gasteiger partial charge in [0.25, 0.3) is 5.91 Å². The molecule has 2 heterocycles. The molecule has 3 N–H and O–H groups in total. The first kappa shape index (κ1) is 23.0. The van der Waals surface area contributed by atoms with Gasteiger partial charge in [-0.15, -0.1) is 0 Å². The number of para-hydroxylation sites is 1. The molecule has 0 radical (unpaired) electrons. The SMILES string of the molecule is Cc1ccccc1NC(=O)CCNS(=O)(=O)c1c(C)[nH]c(C)c1C(=O)N1CCCCC1. The van der Waals surface area contributed by atoms with Crippen molar-refractivity contribution in [2.45, 2.75) is 51.3 Å². The second-order valence-corrected chi connectivity index (χ2v) is 9.65. The molecule has 2 amide bonds. The number of aromatic amines is 1. The van der Waals surface area contributed by atoms with E-state index < -0.39 is 10.0 Å². The third-order valence-electron chi connectivity index (χ3n) is 5.51. The second kappa shape index (κ2) is 9.65. The van der Waals surface area contributed by atoms with E-state index in [9.17, 15) is 18.0 Å². The zero-order valence-corrected chi connectivity index (χ0v) is 19.1. The number of anilines is 1. The number of hydrogen-bond acceptors (Lipinski definition) is 4. The summed E-state index contributed by atoms with van der Waals surface area (Å²) < 4.78 is 28.5. The number of aryl methyl sites for hydroxylation is 3. The van der Waals surface area contributed by atoms with Crippen molar-refractivity contribution in [3.63, 3.8) is 0 Å². The molecule has 168 valence electrons. The number of carbonyl (C=O) groups is 2. The highest BCUT2D eigenvalue weighted by molar-refractivity contribution is 7.89. The highest BCUT2D eigenvalue weighted by atomic mass is 32.2. The van der Waals surface area contributed by atoms with Crippen molar-refractivity contribution in [3.8, 4) is 0 Å². The van der Waals surface area contributed by atoms with Crippen molar-refractivity contribution in [1.29, 1.82) is 0 Å². The van der Waals surface area contributed by atoms with Crippen LogP contribution in [0.4, 0.5) is 5.69 Å². The topological polar surface area (TPSA) is 111 Å². The molecule has 8 nitrogen and oxygen atoms in total.